The Morgan fingerprint density at radius 1 is 1.53 bits per heavy atom. The molecule has 1 atom stereocenters. The van der Waals surface area contributed by atoms with Gasteiger partial charge in [-0.1, -0.05) is 0 Å². The molecule has 0 spiro atoms. The third kappa shape index (κ3) is 2.31. The quantitative estimate of drug-likeness (QED) is 0.830. The third-order valence-corrected chi connectivity index (χ3v) is 4.14. The SMILES string of the molecule is COCC1CCN(c2nc3c(cc2C#N)CCC3)C1. The van der Waals surface area contributed by atoms with Crippen LogP contribution in [0.2, 0.25) is 0 Å². The first-order valence-electron chi connectivity index (χ1n) is 6.98. The first-order valence-corrected chi connectivity index (χ1v) is 6.98. The van der Waals surface area contributed by atoms with Gasteiger partial charge in [0.1, 0.15) is 11.9 Å². The molecule has 0 radical (unpaired) electrons. The zero-order valence-corrected chi connectivity index (χ0v) is 11.4. The van der Waals surface area contributed by atoms with Gasteiger partial charge in [0, 0.05) is 31.8 Å². The van der Waals surface area contributed by atoms with E-state index in [9.17, 15) is 5.26 Å². The Hall–Kier alpha value is -1.60. The molecule has 1 aromatic heterocycles. The molecule has 3 rings (SSSR count). The number of fused-ring (bicyclic) bond motifs is 1. The summed E-state index contributed by atoms with van der Waals surface area (Å²) in [5, 5.41) is 9.34. The summed E-state index contributed by atoms with van der Waals surface area (Å²) in [6, 6.07) is 4.36. The maximum atomic E-state index is 9.34. The summed E-state index contributed by atoms with van der Waals surface area (Å²) in [7, 11) is 1.75. The first kappa shape index (κ1) is 12.4. The molecule has 1 unspecified atom stereocenters. The molecule has 0 amide bonds. The fourth-order valence-electron chi connectivity index (χ4n) is 3.18. The predicted molar refractivity (Wildman–Crippen MR) is 73.2 cm³/mol. The summed E-state index contributed by atoms with van der Waals surface area (Å²) in [4.78, 5) is 7.01. The van der Waals surface area contributed by atoms with Crippen molar-refractivity contribution < 1.29 is 4.74 Å². The minimum absolute atomic E-state index is 0.562. The number of pyridine rings is 1. The molecule has 0 bridgehead atoms. The van der Waals surface area contributed by atoms with Gasteiger partial charge in [-0.25, -0.2) is 4.98 Å². The van der Waals surface area contributed by atoms with Crippen LogP contribution < -0.4 is 4.90 Å². The average Bonchev–Trinajstić information content (AvgIpc) is 3.05. The maximum Gasteiger partial charge on any atom is 0.146 e. The number of nitriles is 1. The van der Waals surface area contributed by atoms with E-state index < -0.39 is 0 Å². The van der Waals surface area contributed by atoms with Crippen molar-refractivity contribution in [2.45, 2.75) is 25.7 Å². The van der Waals surface area contributed by atoms with Gasteiger partial charge in [-0.05, 0) is 37.3 Å². The van der Waals surface area contributed by atoms with Gasteiger partial charge in [0.25, 0.3) is 0 Å². The van der Waals surface area contributed by atoms with Crippen molar-refractivity contribution in [2.75, 3.05) is 31.7 Å². The van der Waals surface area contributed by atoms with Crippen LogP contribution in [-0.2, 0) is 17.6 Å². The molecule has 19 heavy (non-hydrogen) atoms. The fourth-order valence-corrected chi connectivity index (χ4v) is 3.18. The number of nitrogens with zero attached hydrogens (tertiary/aromatic N) is 3. The van der Waals surface area contributed by atoms with E-state index in [0.717, 1.165) is 50.3 Å². The zero-order chi connectivity index (χ0) is 13.2. The molecule has 1 aromatic rings. The Morgan fingerprint density at radius 3 is 3.21 bits per heavy atom. The fraction of sp³-hybridized carbons (Fsp3) is 0.600. The number of aryl methyl sites for hydroxylation is 2. The van der Waals surface area contributed by atoms with Gasteiger partial charge < -0.3 is 9.64 Å². The Bertz CT molecular complexity index is 521. The van der Waals surface area contributed by atoms with Gasteiger partial charge in [0.2, 0.25) is 0 Å². The van der Waals surface area contributed by atoms with Crippen molar-refractivity contribution in [3.63, 3.8) is 0 Å². The molecule has 100 valence electrons. The largest absolute Gasteiger partial charge is 0.384 e. The van der Waals surface area contributed by atoms with Crippen molar-refractivity contribution >= 4 is 5.82 Å². The topological polar surface area (TPSA) is 49.1 Å². The molecule has 2 heterocycles. The third-order valence-electron chi connectivity index (χ3n) is 4.14. The second-order valence-electron chi connectivity index (χ2n) is 5.49. The van der Waals surface area contributed by atoms with E-state index in [2.05, 4.69) is 11.0 Å². The van der Waals surface area contributed by atoms with E-state index in [1.165, 1.54) is 17.7 Å². The predicted octanol–water partition coefficient (Wildman–Crippen LogP) is 1.91. The Labute approximate surface area is 114 Å². The highest BCUT2D eigenvalue weighted by molar-refractivity contribution is 5.57. The number of rotatable bonds is 3. The minimum Gasteiger partial charge on any atom is -0.384 e. The van der Waals surface area contributed by atoms with E-state index in [1.807, 2.05) is 6.07 Å². The summed E-state index contributed by atoms with van der Waals surface area (Å²) in [5.74, 6) is 1.45. The van der Waals surface area contributed by atoms with E-state index in [-0.39, 0.29) is 0 Å². The normalized spacial score (nSPS) is 21.5. The first-order chi connectivity index (χ1) is 9.31. The second kappa shape index (κ2) is 5.18. The molecule has 1 saturated heterocycles. The van der Waals surface area contributed by atoms with E-state index in [1.54, 1.807) is 7.11 Å². The standard InChI is InChI=1S/C15H19N3O/c1-19-10-11-5-6-18(9-11)15-13(8-16)7-12-3-2-4-14(12)17-15/h7,11H,2-6,9-10H2,1H3. The summed E-state index contributed by atoms with van der Waals surface area (Å²) in [6.45, 7) is 2.73. The Balaban J connectivity index is 1.87. The van der Waals surface area contributed by atoms with Crippen LogP contribution in [-0.4, -0.2) is 31.8 Å². The number of methoxy groups -OCH3 is 1. The van der Waals surface area contributed by atoms with Crippen LogP contribution in [0.3, 0.4) is 0 Å². The number of hydrogen-bond donors (Lipinski definition) is 0. The maximum absolute atomic E-state index is 9.34. The molecule has 2 aliphatic rings. The van der Waals surface area contributed by atoms with E-state index in [4.69, 9.17) is 9.72 Å². The Morgan fingerprint density at radius 2 is 2.42 bits per heavy atom. The zero-order valence-electron chi connectivity index (χ0n) is 11.4. The van der Waals surface area contributed by atoms with Crippen molar-refractivity contribution in [3.05, 3.63) is 22.9 Å². The van der Waals surface area contributed by atoms with Crippen LogP contribution in [0.4, 0.5) is 5.82 Å². The summed E-state index contributed by atoms with van der Waals surface area (Å²) in [6.07, 6.45) is 4.42. The summed E-state index contributed by atoms with van der Waals surface area (Å²) >= 11 is 0. The van der Waals surface area contributed by atoms with Crippen LogP contribution in [0, 0.1) is 17.2 Å². The van der Waals surface area contributed by atoms with Crippen molar-refractivity contribution in [1.82, 2.24) is 4.98 Å². The van der Waals surface area contributed by atoms with Gasteiger partial charge >= 0.3 is 0 Å². The van der Waals surface area contributed by atoms with Crippen LogP contribution in [0.15, 0.2) is 6.07 Å². The van der Waals surface area contributed by atoms with Gasteiger partial charge in [-0.15, -0.1) is 0 Å². The molecule has 1 aliphatic heterocycles. The van der Waals surface area contributed by atoms with Crippen LogP contribution >= 0.6 is 0 Å². The molecule has 1 aliphatic carbocycles. The molecule has 4 nitrogen and oxygen atoms in total. The van der Waals surface area contributed by atoms with Crippen molar-refractivity contribution in [2.24, 2.45) is 5.92 Å². The minimum atomic E-state index is 0.562. The van der Waals surface area contributed by atoms with Crippen molar-refractivity contribution in [3.8, 4) is 6.07 Å². The van der Waals surface area contributed by atoms with E-state index >= 15 is 0 Å². The molecule has 4 heteroatoms. The number of anilines is 1. The lowest BCUT2D eigenvalue weighted by atomic mass is 10.1. The lowest BCUT2D eigenvalue weighted by Gasteiger charge is -2.19. The molecular formula is C15H19N3O. The lowest BCUT2D eigenvalue weighted by Crippen LogP contribution is -2.23. The van der Waals surface area contributed by atoms with Crippen LogP contribution in [0.5, 0.6) is 0 Å². The Kier molecular flexibility index (Phi) is 3.39. The molecule has 0 saturated carbocycles. The molecule has 0 N–H and O–H groups in total. The number of ether oxygens (including phenoxy) is 1. The summed E-state index contributed by atoms with van der Waals surface area (Å²) < 4.78 is 5.23. The number of aromatic nitrogens is 1. The van der Waals surface area contributed by atoms with Gasteiger partial charge in [0.05, 0.1) is 12.2 Å². The highest BCUT2D eigenvalue weighted by atomic mass is 16.5. The van der Waals surface area contributed by atoms with E-state index in [0.29, 0.717) is 5.92 Å². The van der Waals surface area contributed by atoms with Crippen molar-refractivity contribution in [1.29, 1.82) is 5.26 Å². The highest BCUT2D eigenvalue weighted by Crippen LogP contribution is 2.30. The smallest absolute Gasteiger partial charge is 0.146 e. The average molecular weight is 257 g/mol. The van der Waals surface area contributed by atoms with Crippen LogP contribution in [0.25, 0.3) is 0 Å². The summed E-state index contributed by atoms with van der Waals surface area (Å²) in [5.41, 5.74) is 3.20. The lowest BCUT2D eigenvalue weighted by molar-refractivity contribution is 0.161. The highest BCUT2D eigenvalue weighted by Gasteiger charge is 2.26. The molecule has 1 fully saturated rings. The van der Waals surface area contributed by atoms with Gasteiger partial charge in [-0.2, -0.15) is 5.26 Å². The number of hydrogen-bond acceptors (Lipinski definition) is 4. The van der Waals surface area contributed by atoms with Crippen LogP contribution in [0.1, 0.15) is 29.7 Å². The molecular weight excluding hydrogens is 238 g/mol. The van der Waals surface area contributed by atoms with Gasteiger partial charge in [0.15, 0.2) is 0 Å². The molecule has 0 aromatic carbocycles. The monoisotopic (exact) mass is 257 g/mol. The van der Waals surface area contributed by atoms with Gasteiger partial charge in [-0.3, -0.25) is 0 Å². The second-order valence-corrected chi connectivity index (χ2v) is 5.49.